The molecule has 1 aromatic rings. The van der Waals surface area contributed by atoms with Crippen molar-refractivity contribution in [1.82, 2.24) is 19.4 Å². The van der Waals surface area contributed by atoms with Crippen LogP contribution in [0.5, 0.6) is 0 Å². The fraction of sp³-hybridized carbons (Fsp3) is 0.615. The molecule has 2 saturated heterocycles. The molecule has 1 unspecified atom stereocenters. The molecule has 6 nitrogen and oxygen atoms in total. The van der Waals surface area contributed by atoms with Gasteiger partial charge in [0.05, 0.1) is 24.0 Å². The van der Waals surface area contributed by atoms with Crippen LogP contribution in [-0.4, -0.2) is 62.4 Å². The van der Waals surface area contributed by atoms with Gasteiger partial charge >= 0.3 is 0 Å². The van der Waals surface area contributed by atoms with Gasteiger partial charge in [-0.25, -0.2) is 4.98 Å². The Morgan fingerprint density at radius 1 is 1.50 bits per heavy atom. The summed E-state index contributed by atoms with van der Waals surface area (Å²) >= 11 is 1.57. The van der Waals surface area contributed by atoms with Gasteiger partial charge in [0.1, 0.15) is 6.54 Å². The molecule has 0 bridgehead atoms. The first-order valence-electron chi connectivity index (χ1n) is 6.85. The fourth-order valence-corrected chi connectivity index (χ4v) is 3.62. The molecule has 0 spiro atoms. The molecule has 1 aromatic heterocycles. The number of piperidine rings is 1. The molecule has 0 aliphatic carbocycles. The van der Waals surface area contributed by atoms with Crippen LogP contribution in [0.25, 0.3) is 0 Å². The van der Waals surface area contributed by atoms with E-state index in [1.807, 2.05) is 11.1 Å². The SMILES string of the molecule is O=C1CSCN1CC(=O)N1CCCC(n2ccnc2)C1. The van der Waals surface area contributed by atoms with Crippen molar-refractivity contribution in [3.8, 4) is 0 Å². The fourth-order valence-electron chi connectivity index (χ4n) is 2.71. The second-order valence-electron chi connectivity index (χ2n) is 5.21. The van der Waals surface area contributed by atoms with Crippen LogP contribution in [-0.2, 0) is 9.59 Å². The zero-order valence-electron chi connectivity index (χ0n) is 11.3. The average molecular weight is 294 g/mol. The van der Waals surface area contributed by atoms with E-state index in [1.165, 1.54) is 0 Å². The monoisotopic (exact) mass is 294 g/mol. The van der Waals surface area contributed by atoms with E-state index in [4.69, 9.17) is 0 Å². The van der Waals surface area contributed by atoms with Gasteiger partial charge in [-0.1, -0.05) is 0 Å². The molecule has 2 amide bonds. The van der Waals surface area contributed by atoms with E-state index in [1.54, 1.807) is 29.2 Å². The molecule has 3 rings (SSSR count). The number of nitrogens with zero attached hydrogens (tertiary/aromatic N) is 4. The molecule has 0 saturated carbocycles. The van der Waals surface area contributed by atoms with E-state index in [0.717, 1.165) is 19.4 Å². The molecular formula is C13H18N4O2S. The van der Waals surface area contributed by atoms with Crippen molar-refractivity contribution >= 4 is 23.6 Å². The molecule has 7 heteroatoms. The van der Waals surface area contributed by atoms with Crippen molar-refractivity contribution in [1.29, 1.82) is 0 Å². The smallest absolute Gasteiger partial charge is 0.242 e. The quantitative estimate of drug-likeness (QED) is 0.818. The Bertz CT molecular complexity index is 491. The lowest BCUT2D eigenvalue weighted by Gasteiger charge is -2.34. The predicted molar refractivity (Wildman–Crippen MR) is 76.1 cm³/mol. The van der Waals surface area contributed by atoms with Gasteiger partial charge < -0.3 is 14.4 Å². The molecule has 1 atom stereocenters. The highest BCUT2D eigenvalue weighted by Gasteiger charge is 2.28. The van der Waals surface area contributed by atoms with Crippen LogP contribution >= 0.6 is 11.8 Å². The molecule has 2 fully saturated rings. The van der Waals surface area contributed by atoms with Gasteiger partial charge in [0.25, 0.3) is 0 Å². The van der Waals surface area contributed by atoms with E-state index in [2.05, 4.69) is 9.55 Å². The zero-order valence-corrected chi connectivity index (χ0v) is 12.1. The maximum absolute atomic E-state index is 12.3. The number of amides is 2. The minimum Gasteiger partial charge on any atom is -0.339 e. The first-order valence-corrected chi connectivity index (χ1v) is 8.00. The summed E-state index contributed by atoms with van der Waals surface area (Å²) in [5.41, 5.74) is 0. The molecule has 108 valence electrons. The number of hydrogen-bond donors (Lipinski definition) is 0. The first-order chi connectivity index (χ1) is 9.74. The lowest BCUT2D eigenvalue weighted by molar-refractivity contribution is -0.139. The molecule has 2 aliphatic heterocycles. The molecule has 3 heterocycles. The van der Waals surface area contributed by atoms with Gasteiger partial charge in [-0.05, 0) is 12.8 Å². The van der Waals surface area contributed by atoms with Crippen LogP contribution in [0, 0.1) is 0 Å². The molecule has 2 aliphatic rings. The Morgan fingerprint density at radius 3 is 3.10 bits per heavy atom. The number of aromatic nitrogens is 2. The van der Waals surface area contributed by atoms with Gasteiger partial charge in [0.2, 0.25) is 11.8 Å². The number of carbonyl (C=O) groups excluding carboxylic acids is 2. The van der Waals surface area contributed by atoms with Crippen molar-refractivity contribution in [3.05, 3.63) is 18.7 Å². The summed E-state index contributed by atoms with van der Waals surface area (Å²) < 4.78 is 2.07. The summed E-state index contributed by atoms with van der Waals surface area (Å²) in [6.07, 6.45) is 7.58. The van der Waals surface area contributed by atoms with E-state index in [9.17, 15) is 9.59 Å². The van der Waals surface area contributed by atoms with Gasteiger partial charge in [0.15, 0.2) is 0 Å². The normalized spacial score (nSPS) is 23.4. The molecule has 0 radical (unpaired) electrons. The Hall–Kier alpha value is -1.50. The van der Waals surface area contributed by atoms with E-state index in [0.29, 0.717) is 24.2 Å². The van der Waals surface area contributed by atoms with E-state index in [-0.39, 0.29) is 18.4 Å². The number of likely N-dealkylation sites (tertiary alicyclic amines) is 1. The van der Waals surface area contributed by atoms with Gasteiger partial charge in [-0.2, -0.15) is 0 Å². The number of carbonyl (C=O) groups is 2. The van der Waals surface area contributed by atoms with Crippen molar-refractivity contribution in [3.63, 3.8) is 0 Å². The summed E-state index contributed by atoms with van der Waals surface area (Å²) in [5.74, 6) is 1.28. The van der Waals surface area contributed by atoms with Crippen LogP contribution in [0.3, 0.4) is 0 Å². The van der Waals surface area contributed by atoms with Gasteiger partial charge in [0, 0.05) is 25.5 Å². The second kappa shape index (κ2) is 5.87. The standard InChI is InChI=1S/C13H18N4O2S/c18-12(7-17-10-20-8-13(17)19)15-4-1-2-11(6-15)16-5-3-14-9-16/h3,5,9,11H,1-2,4,6-8,10H2. The predicted octanol–water partition coefficient (Wildman–Crippen LogP) is 0.579. The van der Waals surface area contributed by atoms with Crippen LogP contribution < -0.4 is 0 Å². The minimum absolute atomic E-state index is 0.0608. The largest absolute Gasteiger partial charge is 0.339 e. The zero-order chi connectivity index (χ0) is 13.9. The van der Waals surface area contributed by atoms with E-state index >= 15 is 0 Å². The summed E-state index contributed by atoms with van der Waals surface area (Å²) in [6.45, 7) is 1.73. The Morgan fingerprint density at radius 2 is 2.40 bits per heavy atom. The van der Waals surface area contributed by atoms with Crippen molar-refractivity contribution in [2.75, 3.05) is 31.3 Å². The molecule has 20 heavy (non-hydrogen) atoms. The molecule has 0 aromatic carbocycles. The maximum atomic E-state index is 12.3. The lowest BCUT2D eigenvalue weighted by atomic mass is 10.1. The highest BCUT2D eigenvalue weighted by molar-refractivity contribution is 8.00. The van der Waals surface area contributed by atoms with Crippen molar-refractivity contribution < 1.29 is 9.59 Å². The minimum atomic E-state index is 0.0608. The first kappa shape index (κ1) is 13.5. The van der Waals surface area contributed by atoms with Crippen LogP contribution in [0.15, 0.2) is 18.7 Å². The Labute approximate surface area is 122 Å². The number of rotatable bonds is 3. The molecule has 0 N–H and O–H groups in total. The highest BCUT2D eigenvalue weighted by atomic mass is 32.2. The van der Waals surface area contributed by atoms with Gasteiger partial charge in [-0.3, -0.25) is 9.59 Å². The third-order valence-electron chi connectivity index (χ3n) is 3.85. The maximum Gasteiger partial charge on any atom is 0.242 e. The number of hydrogen-bond acceptors (Lipinski definition) is 4. The topological polar surface area (TPSA) is 58.4 Å². The number of thioether (sulfide) groups is 1. The lowest BCUT2D eigenvalue weighted by Crippen LogP contribution is -2.45. The van der Waals surface area contributed by atoms with Crippen molar-refractivity contribution in [2.45, 2.75) is 18.9 Å². The summed E-state index contributed by atoms with van der Waals surface area (Å²) in [4.78, 5) is 31.5. The van der Waals surface area contributed by atoms with E-state index < -0.39 is 0 Å². The number of imidazole rings is 1. The molecular weight excluding hydrogens is 276 g/mol. The third kappa shape index (κ3) is 2.82. The Kier molecular flexibility index (Phi) is 3.95. The second-order valence-corrected chi connectivity index (χ2v) is 6.17. The summed E-state index contributed by atoms with van der Waals surface area (Å²) in [7, 11) is 0. The summed E-state index contributed by atoms with van der Waals surface area (Å²) in [6, 6.07) is 0.304. The van der Waals surface area contributed by atoms with Crippen LogP contribution in [0.2, 0.25) is 0 Å². The van der Waals surface area contributed by atoms with Gasteiger partial charge in [-0.15, -0.1) is 11.8 Å². The average Bonchev–Trinajstić information content (AvgIpc) is 3.12. The van der Waals surface area contributed by atoms with Crippen LogP contribution in [0.4, 0.5) is 0 Å². The Balaban J connectivity index is 1.59. The summed E-state index contributed by atoms with van der Waals surface area (Å²) in [5, 5.41) is 0. The van der Waals surface area contributed by atoms with Crippen LogP contribution in [0.1, 0.15) is 18.9 Å². The third-order valence-corrected chi connectivity index (χ3v) is 4.79. The van der Waals surface area contributed by atoms with Crippen molar-refractivity contribution in [2.24, 2.45) is 0 Å². The highest BCUT2D eigenvalue weighted by Crippen LogP contribution is 2.22.